The molecular weight excluding hydrogens is 349 g/mol. The van der Waals surface area contributed by atoms with Gasteiger partial charge in [0.1, 0.15) is 0 Å². The van der Waals surface area contributed by atoms with Gasteiger partial charge in [-0.05, 0) is 58.9 Å². The molecule has 2 nitrogen and oxygen atoms in total. The van der Waals surface area contributed by atoms with Crippen molar-refractivity contribution in [3.8, 4) is 0 Å². The van der Waals surface area contributed by atoms with E-state index in [9.17, 15) is 4.79 Å². The summed E-state index contributed by atoms with van der Waals surface area (Å²) in [6, 6.07) is 15.6. The van der Waals surface area contributed by atoms with Crippen molar-refractivity contribution in [1.82, 2.24) is 0 Å². The third kappa shape index (κ3) is 4.21. The van der Waals surface area contributed by atoms with E-state index in [0.29, 0.717) is 0 Å². The Morgan fingerprint density at radius 2 is 1.89 bits per heavy atom. The van der Waals surface area contributed by atoms with Crippen molar-refractivity contribution in [2.75, 3.05) is 5.32 Å². The second-order valence-corrected chi connectivity index (χ2v) is 5.36. The van der Waals surface area contributed by atoms with Crippen molar-refractivity contribution in [3.63, 3.8) is 0 Å². The van der Waals surface area contributed by atoms with Crippen molar-refractivity contribution in [1.29, 1.82) is 0 Å². The van der Waals surface area contributed by atoms with Gasteiger partial charge in [-0.2, -0.15) is 0 Å². The van der Waals surface area contributed by atoms with Gasteiger partial charge in [0.05, 0.1) is 0 Å². The molecule has 0 spiro atoms. The Kier molecular flexibility index (Phi) is 4.74. The van der Waals surface area contributed by atoms with Gasteiger partial charge in [-0.25, -0.2) is 0 Å². The number of anilines is 1. The second kappa shape index (κ2) is 6.52. The molecule has 19 heavy (non-hydrogen) atoms. The molecule has 0 aliphatic carbocycles. The number of hydrogen-bond donors (Lipinski definition) is 1. The molecule has 0 aromatic heterocycles. The van der Waals surface area contributed by atoms with Crippen LogP contribution in [0.3, 0.4) is 0 Å². The van der Waals surface area contributed by atoms with Gasteiger partial charge in [0.15, 0.2) is 0 Å². The van der Waals surface area contributed by atoms with Crippen molar-refractivity contribution >= 4 is 40.3 Å². The maximum absolute atomic E-state index is 11.8. The standard InChI is InChI=1S/C16H14INO/c1-12-7-9-14(11-15(12)17)18-16(19)10-8-13-5-3-2-4-6-13/h2-11H,1H3,(H,18,19)/b10-8+. The van der Waals surface area contributed by atoms with Crippen molar-refractivity contribution < 1.29 is 4.79 Å². The van der Waals surface area contributed by atoms with E-state index in [1.165, 1.54) is 5.56 Å². The quantitative estimate of drug-likeness (QED) is 0.641. The molecule has 1 N–H and O–H groups in total. The first kappa shape index (κ1) is 13.8. The summed E-state index contributed by atoms with van der Waals surface area (Å²) in [4.78, 5) is 11.8. The number of amides is 1. The Bertz CT molecular complexity index is 605. The number of hydrogen-bond acceptors (Lipinski definition) is 1. The van der Waals surface area contributed by atoms with Crippen molar-refractivity contribution in [2.45, 2.75) is 6.92 Å². The van der Waals surface area contributed by atoms with Gasteiger partial charge in [0, 0.05) is 15.3 Å². The molecule has 0 radical (unpaired) electrons. The minimum atomic E-state index is -0.122. The van der Waals surface area contributed by atoms with Gasteiger partial charge < -0.3 is 5.32 Å². The summed E-state index contributed by atoms with van der Waals surface area (Å²) in [7, 11) is 0. The van der Waals surface area contributed by atoms with Gasteiger partial charge in [0.2, 0.25) is 5.91 Å². The van der Waals surface area contributed by atoms with Crippen LogP contribution in [0.2, 0.25) is 0 Å². The monoisotopic (exact) mass is 363 g/mol. The topological polar surface area (TPSA) is 29.1 Å². The van der Waals surface area contributed by atoms with Crippen LogP contribution in [-0.2, 0) is 4.79 Å². The highest BCUT2D eigenvalue weighted by Gasteiger charge is 2.00. The largest absolute Gasteiger partial charge is 0.322 e. The Hall–Kier alpha value is -1.62. The van der Waals surface area contributed by atoms with Crippen LogP contribution in [-0.4, -0.2) is 5.91 Å². The normalized spacial score (nSPS) is 10.6. The lowest BCUT2D eigenvalue weighted by Gasteiger charge is -2.04. The van der Waals surface area contributed by atoms with Gasteiger partial charge in [-0.15, -0.1) is 0 Å². The number of nitrogens with one attached hydrogen (secondary N) is 1. The minimum absolute atomic E-state index is 0.122. The molecule has 0 fully saturated rings. The average Bonchev–Trinajstić information content (AvgIpc) is 2.42. The number of carbonyl (C=O) groups excluding carboxylic acids is 1. The molecule has 0 aliphatic heterocycles. The fraction of sp³-hybridized carbons (Fsp3) is 0.0625. The molecule has 2 rings (SSSR count). The third-order valence-electron chi connectivity index (χ3n) is 2.67. The highest BCUT2D eigenvalue weighted by molar-refractivity contribution is 14.1. The van der Waals surface area contributed by atoms with Crippen LogP contribution < -0.4 is 5.32 Å². The molecule has 1 amide bonds. The number of halogens is 1. The zero-order chi connectivity index (χ0) is 13.7. The van der Waals surface area contributed by atoms with Gasteiger partial charge in [-0.3, -0.25) is 4.79 Å². The first-order valence-corrected chi connectivity index (χ1v) is 7.03. The summed E-state index contributed by atoms with van der Waals surface area (Å²) in [6.07, 6.45) is 3.34. The van der Waals surface area contributed by atoms with E-state index in [0.717, 1.165) is 14.8 Å². The maximum Gasteiger partial charge on any atom is 0.248 e. The molecular formula is C16H14INO. The summed E-state index contributed by atoms with van der Waals surface area (Å²) in [5.41, 5.74) is 3.03. The van der Waals surface area contributed by atoms with E-state index >= 15 is 0 Å². The summed E-state index contributed by atoms with van der Waals surface area (Å²) in [5, 5.41) is 2.85. The van der Waals surface area contributed by atoms with Crippen LogP contribution in [0, 0.1) is 10.5 Å². The fourth-order valence-corrected chi connectivity index (χ4v) is 2.11. The van der Waals surface area contributed by atoms with Gasteiger partial charge in [-0.1, -0.05) is 36.4 Å². The predicted octanol–water partition coefficient (Wildman–Crippen LogP) is 4.25. The molecule has 0 heterocycles. The third-order valence-corrected chi connectivity index (χ3v) is 3.83. The van der Waals surface area contributed by atoms with Crippen molar-refractivity contribution in [3.05, 3.63) is 69.3 Å². The first-order valence-electron chi connectivity index (χ1n) is 5.95. The van der Waals surface area contributed by atoms with E-state index in [1.54, 1.807) is 12.2 Å². The van der Waals surface area contributed by atoms with E-state index in [2.05, 4.69) is 27.9 Å². The highest BCUT2D eigenvalue weighted by atomic mass is 127. The van der Waals surface area contributed by atoms with Crippen LogP contribution in [0.15, 0.2) is 54.6 Å². The predicted molar refractivity (Wildman–Crippen MR) is 88.0 cm³/mol. The van der Waals surface area contributed by atoms with Gasteiger partial charge in [0.25, 0.3) is 0 Å². The summed E-state index contributed by atoms with van der Waals surface area (Å²) >= 11 is 2.26. The van der Waals surface area contributed by atoms with Crippen LogP contribution in [0.5, 0.6) is 0 Å². The SMILES string of the molecule is Cc1ccc(NC(=O)/C=C/c2ccccc2)cc1I. The lowest BCUT2D eigenvalue weighted by Crippen LogP contribution is -2.07. The Morgan fingerprint density at radius 1 is 1.16 bits per heavy atom. The van der Waals surface area contributed by atoms with Crippen LogP contribution in [0.25, 0.3) is 6.08 Å². The molecule has 2 aromatic carbocycles. The number of aryl methyl sites for hydroxylation is 1. The summed E-state index contributed by atoms with van der Waals surface area (Å²) in [5.74, 6) is -0.122. The number of benzene rings is 2. The van der Waals surface area contributed by atoms with Crippen molar-refractivity contribution in [2.24, 2.45) is 0 Å². The lowest BCUT2D eigenvalue weighted by atomic mass is 10.2. The Balaban J connectivity index is 2.01. The molecule has 0 bridgehead atoms. The summed E-state index contributed by atoms with van der Waals surface area (Å²) in [6.45, 7) is 2.04. The Morgan fingerprint density at radius 3 is 2.58 bits per heavy atom. The maximum atomic E-state index is 11.8. The van der Waals surface area contributed by atoms with E-state index in [-0.39, 0.29) is 5.91 Å². The minimum Gasteiger partial charge on any atom is -0.322 e. The Labute approximate surface area is 126 Å². The number of carbonyl (C=O) groups is 1. The zero-order valence-corrected chi connectivity index (χ0v) is 12.7. The number of rotatable bonds is 3. The molecule has 3 heteroatoms. The van der Waals surface area contributed by atoms with E-state index in [4.69, 9.17) is 0 Å². The van der Waals surface area contributed by atoms with Crippen LogP contribution in [0.4, 0.5) is 5.69 Å². The lowest BCUT2D eigenvalue weighted by molar-refractivity contribution is -0.111. The smallest absolute Gasteiger partial charge is 0.248 e. The van der Waals surface area contributed by atoms with Crippen LogP contribution >= 0.6 is 22.6 Å². The fourth-order valence-electron chi connectivity index (χ4n) is 1.59. The highest BCUT2D eigenvalue weighted by Crippen LogP contribution is 2.17. The molecule has 0 saturated heterocycles. The van der Waals surface area contributed by atoms with Gasteiger partial charge >= 0.3 is 0 Å². The molecule has 0 atom stereocenters. The van der Waals surface area contributed by atoms with E-state index < -0.39 is 0 Å². The molecule has 96 valence electrons. The average molecular weight is 363 g/mol. The van der Waals surface area contributed by atoms with Crippen LogP contribution in [0.1, 0.15) is 11.1 Å². The first-order chi connectivity index (χ1) is 9.15. The molecule has 0 unspecified atom stereocenters. The molecule has 0 aliphatic rings. The summed E-state index contributed by atoms with van der Waals surface area (Å²) < 4.78 is 1.14. The zero-order valence-electron chi connectivity index (χ0n) is 10.6. The van der Waals surface area contributed by atoms with E-state index in [1.807, 2.05) is 55.5 Å². The second-order valence-electron chi connectivity index (χ2n) is 4.20. The molecule has 0 saturated carbocycles. The molecule has 2 aromatic rings.